The van der Waals surface area contributed by atoms with Gasteiger partial charge in [0.1, 0.15) is 0 Å². The molecule has 0 radical (unpaired) electrons. The van der Waals surface area contributed by atoms with Crippen LogP contribution in [0.3, 0.4) is 0 Å². The van der Waals surface area contributed by atoms with Gasteiger partial charge >= 0.3 is 0 Å². The average Bonchev–Trinajstić information content (AvgIpc) is 3.90. The Morgan fingerprint density at radius 1 is 0.291 bits per heavy atom. The van der Waals surface area contributed by atoms with Crippen LogP contribution in [0.4, 0.5) is 0 Å². The number of fused-ring (bicyclic) bond motifs is 10. The van der Waals surface area contributed by atoms with E-state index in [-0.39, 0.29) is 0 Å². The van der Waals surface area contributed by atoms with Crippen molar-refractivity contribution in [3.63, 3.8) is 0 Å². The minimum absolute atomic E-state index is 1.17. The lowest BCUT2D eigenvalue weighted by atomic mass is 9.96. The fraction of sp³-hybridized carbons (Fsp3) is 0. The molecule has 2 nitrogen and oxygen atoms in total. The number of aromatic nitrogens is 2. The summed E-state index contributed by atoms with van der Waals surface area (Å²) < 4.78 is 7.52. The zero-order valence-electron chi connectivity index (χ0n) is 29.8. The molecular formula is C52H32N2S. The quantitative estimate of drug-likeness (QED) is 0.172. The van der Waals surface area contributed by atoms with E-state index in [0.717, 1.165) is 0 Å². The molecule has 0 amide bonds. The molecule has 0 aliphatic rings. The first-order valence-corrected chi connectivity index (χ1v) is 19.7. The molecule has 0 N–H and O–H groups in total. The van der Waals surface area contributed by atoms with Gasteiger partial charge < -0.3 is 9.13 Å². The molecule has 0 saturated carbocycles. The molecule has 3 heteroatoms. The molecule has 3 heterocycles. The van der Waals surface area contributed by atoms with E-state index in [4.69, 9.17) is 0 Å². The third kappa shape index (κ3) is 4.54. The van der Waals surface area contributed by atoms with Crippen LogP contribution in [-0.2, 0) is 0 Å². The normalized spacial score (nSPS) is 12.0. The van der Waals surface area contributed by atoms with E-state index in [1.165, 1.54) is 108 Å². The molecule has 0 spiro atoms. The van der Waals surface area contributed by atoms with Gasteiger partial charge in [-0.15, -0.1) is 11.3 Å². The topological polar surface area (TPSA) is 9.86 Å². The van der Waals surface area contributed by atoms with Crippen molar-refractivity contribution in [2.45, 2.75) is 0 Å². The summed E-state index contributed by atoms with van der Waals surface area (Å²) in [6.07, 6.45) is 0. The Bertz CT molecular complexity index is 3490. The number of hydrogen-bond donors (Lipinski definition) is 0. The van der Waals surface area contributed by atoms with E-state index < -0.39 is 0 Å². The SMILES string of the molecule is c1ccc(-n2c3ccccc3c3ccc(-c4ccc5c(c4)c4ccccc4n5-c4ccc(-c5ccc6sc7ccccc7c6c5)c5ccccc45)cc32)cc1. The summed E-state index contributed by atoms with van der Waals surface area (Å²) in [6.45, 7) is 0. The predicted molar refractivity (Wildman–Crippen MR) is 236 cm³/mol. The Morgan fingerprint density at radius 3 is 1.69 bits per heavy atom. The number of nitrogens with zero attached hydrogens (tertiary/aromatic N) is 2. The Labute approximate surface area is 321 Å². The van der Waals surface area contributed by atoms with E-state index >= 15 is 0 Å². The second-order valence-electron chi connectivity index (χ2n) is 14.5. The van der Waals surface area contributed by atoms with Gasteiger partial charge in [-0.3, -0.25) is 0 Å². The zero-order chi connectivity index (χ0) is 36.0. The molecule has 3 aromatic heterocycles. The van der Waals surface area contributed by atoms with Crippen LogP contribution in [0, 0.1) is 0 Å². The van der Waals surface area contributed by atoms with Gasteiger partial charge in [0.15, 0.2) is 0 Å². The van der Waals surface area contributed by atoms with E-state index in [1.807, 2.05) is 11.3 Å². The fourth-order valence-corrected chi connectivity index (χ4v) is 10.1. The van der Waals surface area contributed by atoms with Crippen LogP contribution in [0.5, 0.6) is 0 Å². The van der Waals surface area contributed by atoms with Gasteiger partial charge in [-0.25, -0.2) is 0 Å². The number of benzene rings is 9. The number of hydrogen-bond acceptors (Lipinski definition) is 1. The molecule has 55 heavy (non-hydrogen) atoms. The number of para-hydroxylation sites is 3. The molecule has 0 atom stereocenters. The van der Waals surface area contributed by atoms with Crippen LogP contribution in [-0.4, -0.2) is 9.13 Å². The predicted octanol–water partition coefficient (Wildman–Crippen LogP) is 14.7. The third-order valence-corrected chi connectivity index (χ3v) is 12.7. The van der Waals surface area contributed by atoms with Gasteiger partial charge in [0.2, 0.25) is 0 Å². The molecule has 12 rings (SSSR count). The van der Waals surface area contributed by atoms with Crippen molar-refractivity contribution in [2.75, 3.05) is 0 Å². The van der Waals surface area contributed by atoms with Crippen molar-refractivity contribution >= 4 is 85.9 Å². The Morgan fingerprint density at radius 2 is 0.855 bits per heavy atom. The summed E-state index contributed by atoms with van der Waals surface area (Å²) >= 11 is 1.87. The van der Waals surface area contributed by atoms with Crippen LogP contribution in [0.15, 0.2) is 194 Å². The maximum Gasteiger partial charge on any atom is 0.0547 e. The van der Waals surface area contributed by atoms with Gasteiger partial charge in [-0.1, -0.05) is 127 Å². The van der Waals surface area contributed by atoms with E-state index in [2.05, 4.69) is 203 Å². The summed E-state index contributed by atoms with van der Waals surface area (Å²) in [5.74, 6) is 0. The van der Waals surface area contributed by atoms with Crippen molar-refractivity contribution in [3.8, 4) is 33.6 Å². The summed E-state index contributed by atoms with van der Waals surface area (Å²) in [5, 5.41) is 10.2. The van der Waals surface area contributed by atoms with Crippen LogP contribution in [0.2, 0.25) is 0 Å². The van der Waals surface area contributed by atoms with Crippen molar-refractivity contribution in [2.24, 2.45) is 0 Å². The van der Waals surface area contributed by atoms with Crippen LogP contribution in [0.25, 0.3) is 108 Å². The summed E-state index contributed by atoms with van der Waals surface area (Å²) in [4.78, 5) is 0. The van der Waals surface area contributed by atoms with E-state index in [0.29, 0.717) is 0 Å². The molecule has 12 aromatic rings. The largest absolute Gasteiger partial charge is 0.309 e. The van der Waals surface area contributed by atoms with Crippen LogP contribution >= 0.6 is 11.3 Å². The highest BCUT2D eigenvalue weighted by Crippen LogP contribution is 2.42. The lowest BCUT2D eigenvalue weighted by molar-refractivity contribution is 1.18. The molecule has 256 valence electrons. The number of thiophene rings is 1. The van der Waals surface area contributed by atoms with Gasteiger partial charge in [-0.05, 0) is 94.4 Å². The van der Waals surface area contributed by atoms with Gasteiger partial charge in [-0.2, -0.15) is 0 Å². The van der Waals surface area contributed by atoms with E-state index in [1.54, 1.807) is 0 Å². The molecule has 0 aliphatic heterocycles. The first kappa shape index (κ1) is 30.5. The molecule has 0 saturated heterocycles. The van der Waals surface area contributed by atoms with E-state index in [9.17, 15) is 0 Å². The van der Waals surface area contributed by atoms with Gasteiger partial charge in [0.25, 0.3) is 0 Å². The maximum atomic E-state index is 2.46. The number of rotatable bonds is 4. The highest BCUT2D eigenvalue weighted by Gasteiger charge is 2.18. The summed E-state index contributed by atoms with van der Waals surface area (Å²) in [6, 6.07) is 71.5. The van der Waals surface area contributed by atoms with Crippen molar-refractivity contribution in [3.05, 3.63) is 194 Å². The summed E-state index contributed by atoms with van der Waals surface area (Å²) in [5.41, 5.74) is 12.1. The Balaban J connectivity index is 1.04. The second kappa shape index (κ2) is 11.8. The van der Waals surface area contributed by atoms with Crippen molar-refractivity contribution in [1.29, 1.82) is 0 Å². The minimum Gasteiger partial charge on any atom is -0.309 e. The Hall–Kier alpha value is -6.94. The third-order valence-electron chi connectivity index (χ3n) is 11.5. The average molecular weight is 717 g/mol. The first-order chi connectivity index (χ1) is 27.3. The van der Waals surface area contributed by atoms with Crippen LogP contribution < -0.4 is 0 Å². The fourth-order valence-electron chi connectivity index (χ4n) is 9.04. The van der Waals surface area contributed by atoms with Crippen LogP contribution in [0.1, 0.15) is 0 Å². The smallest absolute Gasteiger partial charge is 0.0547 e. The highest BCUT2D eigenvalue weighted by atomic mass is 32.1. The van der Waals surface area contributed by atoms with Gasteiger partial charge in [0, 0.05) is 52.8 Å². The zero-order valence-corrected chi connectivity index (χ0v) is 30.6. The first-order valence-electron chi connectivity index (χ1n) is 18.8. The maximum absolute atomic E-state index is 2.46. The lowest BCUT2D eigenvalue weighted by Crippen LogP contribution is -1.96. The molecule has 0 bridgehead atoms. The highest BCUT2D eigenvalue weighted by molar-refractivity contribution is 7.25. The van der Waals surface area contributed by atoms with Crippen molar-refractivity contribution < 1.29 is 0 Å². The molecule has 0 aliphatic carbocycles. The Kier molecular flexibility index (Phi) is 6.54. The summed E-state index contributed by atoms with van der Waals surface area (Å²) in [7, 11) is 0. The minimum atomic E-state index is 1.17. The second-order valence-corrected chi connectivity index (χ2v) is 15.6. The molecule has 0 unspecified atom stereocenters. The van der Waals surface area contributed by atoms with Crippen molar-refractivity contribution in [1.82, 2.24) is 9.13 Å². The monoisotopic (exact) mass is 716 g/mol. The lowest BCUT2D eigenvalue weighted by Gasteiger charge is -2.15. The standard InChI is InChI=1S/C52H32N2S/c1-2-12-36(13-3-1)53-46-19-9-6-16-40(46)42-25-22-34(32-50(42)53)33-23-27-49-44(30-33)41-17-7-10-20-47(41)54(49)48-28-26-37(38-14-4-5-15-39(38)48)35-24-29-52-45(31-35)43-18-8-11-21-51(43)55-52/h1-32H. The molecule has 0 fully saturated rings. The van der Waals surface area contributed by atoms with Gasteiger partial charge in [0.05, 0.1) is 27.8 Å². The molecular weight excluding hydrogens is 685 g/mol. The molecule has 9 aromatic carbocycles.